The van der Waals surface area contributed by atoms with E-state index in [-0.39, 0.29) is 0 Å². The SMILES string of the molecule is S=C1C=CN=c2ccc3c(c21)N=c1ccc2c(c1=3)NNCCC2. The van der Waals surface area contributed by atoms with Gasteiger partial charge in [0.05, 0.1) is 27.0 Å². The van der Waals surface area contributed by atoms with Gasteiger partial charge in [-0.15, -0.1) is 0 Å². The summed E-state index contributed by atoms with van der Waals surface area (Å²) in [5.74, 6) is 0. The van der Waals surface area contributed by atoms with E-state index in [1.807, 2.05) is 12.1 Å². The first-order valence-corrected chi connectivity index (χ1v) is 8.19. The van der Waals surface area contributed by atoms with Crippen LogP contribution < -0.4 is 21.6 Å². The Bertz CT molecular complexity index is 1120. The first kappa shape index (κ1) is 13.1. The van der Waals surface area contributed by atoms with Gasteiger partial charge >= 0.3 is 0 Å². The number of hydrogen-bond donors (Lipinski definition) is 2. The fourth-order valence-electron chi connectivity index (χ4n) is 3.51. The van der Waals surface area contributed by atoms with Crippen LogP contribution in [0.5, 0.6) is 0 Å². The second kappa shape index (κ2) is 4.81. The zero-order chi connectivity index (χ0) is 15.4. The summed E-state index contributed by atoms with van der Waals surface area (Å²) in [6, 6.07) is 8.45. The van der Waals surface area contributed by atoms with Crippen molar-refractivity contribution < 1.29 is 0 Å². The normalized spacial score (nSPS) is 17.0. The molecule has 0 aromatic heterocycles. The second-order valence-electron chi connectivity index (χ2n) is 5.93. The molecule has 5 rings (SSSR count). The number of rotatable bonds is 0. The Hall–Kier alpha value is -2.37. The molecule has 5 heteroatoms. The molecule has 0 atom stereocenters. The minimum atomic E-state index is 0.806. The first-order valence-electron chi connectivity index (χ1n) is 7.78. The zero-order valence-electron chi connectivity index (χ0n) is 12.4. The fourth-order valence-corrected chi connectivity index (χ4v) is 3.77. The van der Waals surface area contributed by atoms with E-state index in [2.05, 4.69) is 34.0 Å². The van der Waals surface area contributed by atoms with Crippen molar-refractivity contribution in [3.8, 4) is 0 Å². The summed E-state index contributed by atoms with van der Waals surface area (Å²) in [6.45, 7) is 0.964. The van der Waals surface area contributed by atoms with E-state index in [1.54, 1.807) is 6.20 Å². The Morgan fingerprint density at radius 1 is 1.09 bits per heavy atom. The lowest BCUT2D eigenvalue weighted by Gasteiger charge is -2.08. The van der Waals surface area contributed by atoms with Crippen molar-refractivity contribution in [1.29, 1.82) is 0 Å². The smallest absolute Gasteiger partial charge is 0.0825 e. The Labute approximate surface area is 138 Å². The fraction of sp³-hybridized carbons (Fsp3) is 0.167. The quantitative estimate of drug-likeness (QED) is 0.623. The molecule has 3 aliphatic rings. The van der Waals surface area contributed by atoms with Crippen molar-refractivity contribution in [3.05, 3.63) is 68.8 Å². The number of hydrazine groups is 1. The summed E-state index contributed by atoms with van der Waals surface area (Å²) >= 11 is 5.52. The maximum atomic E-state index is 5.52. The molecule has 0 spiro atoms. The predicted molar refractivity (Wildman–Crippen MR) is 93.3 cm³/mol. The van der Waals surface area contributed by atoms with Crippen LogP contribution in [0.1, 0.15) is 17.5 Å². The van der Waals surface area contributed by atoms with Gasteiger partial charge in [0.1, 0.15) is 0 Å². The third-order valence-electron chi connectivity index (χ3n) is 4.57. The highest BCUT2D eigenvalue weighted by Crippen LogP contribution is 2.28. The van der Waals surface area contributed by atoms with Crippen LogP contribution in [0.3, 0.4) is 0 Å². The highest BCUT2D eigenvalue weighted by atomic mass is 32.1. The molecule has 23 heavy (non-hydrogen) atoms. The average molecular weight is 318 g/mol. The molecule has 0 fully saturated rings. The number of aryl methyl sites for hydroxylation is 1. The van der Waals surface area contributed by atoms with Crippen molar-refractivity contribution >= 4 is 28.5 Å². The molecule has 3 aliphatic heterocycles. The van der Waals surface area contributed by atoms with Gasteiger partial charge < -0.3 is 5.43 Å². The van der Waals surface area contributed by atoms with E-state index in [0.717, 1.165) is 57.1 Å². The summed E-state index contributed by atoms with van der Waals surface area (Å²) in [5.41, 5.74) is 11.1. The standard InChI is InChI=1S/C18H14N4S/c23-14-7-9-19-12-6-4-11-15-13(21-18(11)16(12)14)5-3-10-2-1-8-20-22-17(10)15/h3-7,9,20,22H,1-2,8H2. The van der Waals surface area contributed by atoms with Crippen LogP contribution in [-0.4, -0.2) is 11.4 Å². The lowest BCUT2D eigenvalue weighted by Crippen LogP contribution is -2.22. The third kappa shape index (κ3) is 1.84. The Balaban J connectivity index is 1.96. The van der Waals surface area contributed by atoms with Crippen molar-refractivity contribution in [2.45, 2.75) is 12.8 Å². The Morgan fingerprint density at radius 3 is 2.96 bits per heavy atom. The lowest BCUT2D eigenvalue weighted by molar-refractivity contribution is 0.741. The summed E-state index contributed by atoms with van der Waals surface area (Å²) in [5, 5.41) is 4.22. The van der Waals surface area contributed by atoms with E-state index in [1.165, 1.54) is 10.8 Å². The molecule has 0 saturated carbocycles. The van der Waals surface area contributed by atoms with Gasteiger partial charge in [-0.25, -0.2) is 10.4 Å². The molecular formula is C18H14N4S. The number of hydrogen-bond acceptors (Lipinski definition) is 5. The first-order chi connectivity index (χ1) is 11.3. The Kier molecular flexibility index (Phi) is 2.74. The maximum absolute atomic E-state index is 5.52. The van der Waals surface area contributed by atoms with Crippen LogP contribution in [0.4, 0.5) is 11.4 Å². The molecule has 2 N–H and O–H groups in total. The van der Waals surface area contributed by atoms with Crippen LogP contribution in [0, 0.1) is 10.4 Å². The summed E-state index contributed by atoms with van der Waals surface area (Å²) in [7, 11) is 0. The van der Waals surface area contributed by atoms with Crippen molar-refractivity contribution in [1.82, 2.24) is 5.43 Å². The predicted octanol–water partition coefficient (Wildman–Crippen LogP) is 1.97. The largest absolute Gasteiger partial charge is 0.321 e. The number of anilines is 1. The van der Waals surface area contributed by atoms with Gasteiger partial charge in [0.15, 0.2) is 0 Å². The van der Waals surface area contributed by atoms with Crippen LogP contribution in [0.2, 0.25) is 0 Å². The second-order valence-corrected chi connectivity index (χ2v) is 6.37. The van der Waals surface area contributed by atoms with Crippen LogP contribution in [-0.2, 0) is 6.42 Å². The van der Waals surface area contributed by atoms with E-state index < -0.39 is 0 Å². The molecule has 2 aromatic carbocycles. The van der Waals surface area contributed by atoms with Crippen molar-refractivity contribution in [2.24, 2.45) is 9.98 Å². The molecule has 4 nitrogen and oxygen atoms in total. The molecule has 112 valence electrons. The summed E-state index contributed by atoms with van der Waals surface area (Å²) in [6.07, 6.45) is 5.83. The van der Waals surface area contributed by atoms with Gasteiger partial charge in [-0.1, -0.05) is 18.3 Å². The maximum Gasteiger partial charge on any atom is 0.0825 e. The number of nitrogens with zero attached hydrogens (tertiary/aromatic N) is 2. The monoisotopic (exact) mass is 318 g/mol. The average Bonchev–Trinajstić information content (AvgIpc) is 2.78. The van der Waals surface area contributed by atoms with Gasteiger partial charge in [0, 0.05) is 28.7 Å². The van der Waals surface area contributed by atoms with E-state index in [4.69, 9.17) is 17.2 Å². The third-order valence-corrected chi connectivity index (χ3v) is 4.91. The molecule has 0 aliphatic carbocycles. The number of benzene rings is 2. The topological polar surface area (TPSA) is 48.8 Å². The van der Waals surface area contributed by atoms with Crippen molar-refractivity contribution in [2.75, 3.05) is 12.0 Å². The summed E-state index contributed by atoms with van der Waals surface area (Å²) < 4.78 is 0. The zero-order valence-corrected chi connectivity index (χ0v) is 13.2. The Morgan fingerprint density at radius 2 is 2.00 bits per heavy atom. The molecule has 0 amide bonds. The van der Waals surface area contributed by atoms with Crippen LogP contribution in [0.25, 0.3) is 0 Å². The molecule has 0 saturated heterocycles. The van der Waals surface area contributed by atoms with Crippen LogP contribution in [0.15, 0.2) is 46.5 Å². The minimum absolute atomic E-state index is 0.806. The van der Waals surface area contributed by atoms with Gasteiger partial charge in [0.2, 0.25) is 0 Å². The van der Waals surface area contributed by atoms with E-state index in [9.17, 15) is 0 Å². The van der Waals surface area contributed by atoms with E-state index in [0.29, 0.717) is 0 Å². The van der Waals surface area contributed by atoms with Gasteiger partial charge in [-0.3, -0.25) is 4.99 Å². The van der Waals surface area contributed by atoms with Gasteiger partial charge in [-0.2, -0.15) is 0 Å². The highest BCUT2D eigenvalue weighted by Gasteiger charge is 2.18. The summed E-state index contributed by atoms with van der Waals surface area (Å²) in [4.78, 5) is 10.1. The number of nitrogens with one attached hydrogen (secondary N) is 2. The lowest BCUT2D eigenvalue weighted by atomic mass is 10.0. The number of thiocarbonyl (C=S) groups is 1. The van der Waals surface area contributed by atoms with Crippen molar-refractivity contribution in [3.63, 3.8) is 0 Å². The van der Waals surface area contributed by atoms with Gasteiger partial charge in [-0.05, 0) is 42.7 Å². The molecule has 0 unspecified atom stereocenters. The molecular weight excluding hydrogens is 304 g/mol. The van der Waals surface area contributed by atoms with Gasteiger partial charge in [0.25, 0.3) is 0 Å². The molecule has 0 bridgehead atoms. The van der Waals surface area contributed by atoms with E-state index >= 15 is 0 Å². The molecule has 2 aromatic rings. The molecule has 0 radical (unpaired) electrons. The van der Waals surface area contributed by atoms with Crippen LogP contribution >= 0.6 is 12.2 Å². The number of allylic oxidation sites excluding steroid dienone is 1. The minimum Gasteiger partial charge on any atom is -0.321 e. The highest BCUT2D eigenvalue weighted by molar-refractivity contribution is 7.81. The number of fused-ring (bicyclic) bond motifs is 6. The molecule has 3 heterocycles.